The number of nitrogens with one attached hydrogen (secondary N) is 1. The van der Waals surface area contributed by atoms with Crippen LogP contribution in [0.15, 0.2) is 47.4 Å². The highest BCUT2D eigenvalue weighted by atomic mass is 32.2. The first kappa shape index (κ1) is 20.5. The molecule has 6 nitrogen and oxygen atoms in total. The Kier molecular flexibility index (Phi) is 6.49. The van der Waals surface area contributed by atoms with E-state index in [9.17, 15) is 13.2 Å². The molecule has 1 aliphatic heterocycles. The van der Waals surface area contributed by atoms with Crippen LogP contribution in [0.5, 0.6) is 0 Å². The molecule has 1 fully saturated rings. The molecule has 0 unspecified atom stereocenters. The number of aryl methyl sites for hydroxylation is 1. The first-order valence-electron chi connectivity index (χ1n) is 9.38. The van der Waals surface area contributed by atoms with Gasteiger partial charge >= 0.3 is 5.97 Å². The van der Waals surface area contributed by atoms with Gasteiger partial charge in [-0.05, 0) is 61.7 Å². The summed E-state index contributed by atoms with van der Waals surface area (Å²) in [5, 5.41) is 0. The van der Waals surface area contributed by atoms with E-state index >= 15 is 0 Å². The molecule has 0 aromatic heterocycles. The second-order valence-corrected chi connectivity index (χ2v) is 8.86. The molecule has 2 aromatic rings. The van der Waals surface area contributed by atoms with Crippen LogP contribution in [0, 0.1) is 6.92 Å². The minimum Gasteiger partial charge on any atom is -0.465 e. The summed E-state index contributed by atoms with van der Waals surface area (Å²) in [4.78, 5) is 14.3. The summed E-state index contributed by atoms with van der Waals surface area (Å²) in [6.07, 6.45) is 2.52. The lowest BCUT2D eigenvalue weighted by Gasteiger charge is -2.15. The minimum atomic E-state index is -3.73. The van der Waals surface area contributed by atoms with Crippen molar-refractivity contribution in [2.45, 2.75) is 37.8 Å². The summed E-state index contributed by atoms with van der Waals surface area (Å²) >= 11 is 0. The Morgan fingerprint density at radius 1 is 1.07 bits per heavy atom. The van der Waals surface area contributed by atoms with E-state index < -0.39 is 16.0 Å². The number of methoxy groups -OCH3 is 1. The van der Waals surface area contributed by atoms with Gasteiger partial charge in [-0.25, -0.2) is 17.9 Å². The van der Waals surface area contributed by atoms with Crippen LogP contribution >= 0.6 is 0 Å². The molecule has 0 saturated carbocycles. The third-order valence-corrected chi connectivity index (χ3v) is 6.42. The van der Waals surface area contributed by atoms with E-state index in [0.29, 0.717) is 5.56 Å². The molecule has 7 heteroatoms. The number of likely N-dealkylation sites (tertiary alicyclic amines) is 1. The van der Waals surface area contributed by atoms with Gasteiger partial charge in [-0.1, -0.05) is 30.3 Å². The maximum Gasteiger partial charge on any atom is 0.338 e. The monoisotopic (exact) mass is 402 g/mol. The third kappa shape index (κ3) is 4.98. The first-order chi connectivity index (χ1) is 13.4. The SMILES string of the molecule is COC(=O)c1cc(S(=O)(=O)NCc2ccc(CN3CCCC3)cc2)ccc1C. The Hall–Kier alpha value is -2.22. The molecule has 1 saturated heterocycles. The molecule has 0 bridgehead atoms. The molecular formula is C21H26N2O4S. The van der Waals surface area contributed by atoms with Crippen molar-refractivity contribution in [2.75, 3.05) is 20.2 Å². The van der Waals surface area contributed by atoms with E-state index in [4.69, 9.17) is 4.74 Å². The van der Waals surface area contributed by atoms with Crippen molar-refractivity contribution in [1.82, 2.24) is 9.62 Å². The minimum absolute atomic E-state index is 0.0455. The molecule has 0 spiro atoms. The lowest BCUT2D eigenvalue weighted by molar-refractivity contribution is 0.0599. The number of hydrogen-bond donors (Lipinski definition) is 1. The second kappa shape index (κ2) is 8.86. The average molecular weight is 403 g/mol. The number of nitrogens with zero attached hydrogens (tertiary/aromatic N) is 1. The zero-order valence-corrected chi connectivity index (χ0v) is 17.1. The highest BCUT2D eigenvalue weighted by Crippen LogP contribution is 2.17. The van der Waals surface area contributed by atoms with Crippen molar-refractivity contribution in [3.05, 3.63) is 64.7 Å². The fourth-order valence-electron chi connectivity index (χ4n) is 3.32. The highest BCUT2D eigenvalue weighted by Gasteiger charge is 2.18. The highest BCUT2D eigenvalue weighted by molar-refractivity contribution is 7.89. The molecule has 2 aromatic carbocycles. The zero-order chi connectivity index (χ0) is 20.1. The molecular weight excluding hydrogens is 376 g/mol. The van der Waals surface area contributed by atoms with E-state index in [1.165, 1.54) is 37.6 Å². The molecule has 0 amide bonds. The van der Waals surface area contributed by atoms with Gasteiger partial charge in [0.25, 0.3) is 0 Å². The number of ether oxygens (including phenoxy) is 1. The average Bonchev–Trinajstić information content (AvgIpc) is 3.20. The summed E-state index contributed by atoms with van der Waals surface area (Å²) in [7, 11) is -2.46. The number of hydrogen-bond acceptors (Lipinski definition) is 5. The van der Waals surface area contributed by atoms with Crippen molar-refractivity contribution >= 4 is 16.0 Å². The van der Waals surface area contributed by atoms with Crippen LogP contribution in [0.4, 0.5) is 0 Å². The second-order valence-electron chi connectivity index (χ2n) is 7.09. The molecule has 0 aliphatic carbocycles. The molecule has 1 aliphatic rings. The van der Waals surface area contributed by atoms with Crippen LogP contribution in [0.1, 0.15) is 39.9 Å². The van der Waals surface area contributed by atoms with E-state index in [1.54, 1.807) is 13.0 Å². The maximum atomic E-state index is 12.6. The fourth-order valence-corrected chi connectivity index (χ4v) is 4.36. The van der Waals surface area contributed by atoms with Crippen molar-refractivity contribution in [3.8, 4) is 0 Å². The van der Waals surface area contributed by atoms with Gasteiger partial charge in [-0.3, -0.25) is 4.90 Å². The summed E-state index contributed by atoms with van der Waals surface area (Å²) in [6.45, 7) is 5.15. The smallest absolute Gasteiger partial charge is 0.338 e. The van der Waals surface area contributed by atoms with E-state index in [-0.39, 0.29) is 17.0 Å². The van der Waals surface area contributed by atoms with Crippen molar-refractivity contribution < 1.29 is 17.9 Å². The van der Waals surface area contributed by atoms with Gasteiger partial charge in [-0.2, -0.15) is 0 Å². The molecule has 0 radical (unpaired) electrons. The largest absolute Gasteiger partial charge is 0.465 e. The number of carbonyl (C=O) groups is 1. The predicted molar refractivity (Wildman–Crippen MR) is 107 cm³/mol. The lowest BCUT2D eigenvalue weighted by atomic mass is 10.1. The summed E-state index contributed by atoms with van der Waals surface area (Å²) in [5.74, 6) is -0.553. The van der Waals surface area contributed by atoms with Crippen LogP contribution in [0.3, 0.4) is 0 Å². The van der Waals surface area contributed by atoms with Gasteiger partial charge in [0.05, 0.1) is 17.6 Å². The number of carbonyl (C=O) groups excluding carboxylic acids is 1. The molecule has 28 heavy (non-hydrogen) atoms. The quantitative estimate of drug-likeness (QED) is 0.721. The van der Waals surface area contributed by atoms with Crippen molar-refractivity contribution in [2.24, 2.45) is 0 Å². The molecule has 150 valence electrons. The standard InChI is InChI=1S/C21H26N2O4S/c1-16-5-10-19(13-20(16)21(24)27-2)28(25,26)22-14-17-6-8-18(9-7-17)15-23-11-3-4-12-23/h5-10,13,22H,3-4,11-12,14-15H2,1-2H3. The van der Waals surface area contributed by atoms with Crippen LogP contribution in [-0.4, -0.2) is 39.5 Å². The van der Waals surface area contributed by atoms with Crippen LogP contribution in [0.25, 0.3) is 0 Å². The number of benzene rings is 2. The summed E-state index contributed by atoms with van der Waals surface area (Å²) < 4.78 is 32.5. The van der Waals surface area contributed by atoms with Crippen LogP contribution < -0.4 is 4.72 Å². The van der Waals surface area contributed by atoms with Gasteiger partial charge in [0.2, 0.25) is 10.0 Å². The summed E-state index contributed by atoms with van der Waals surface area (Å²) in [5.41, 5.74) is 3.03. The Balaban J connectivity index is 1.65. The van der Waals surface area contributed by atoms with Gasteiger partial charge < -0.3 is 4.74 Å². The van der Waals surface area contributed by atoms with Gasteiger partial charge in [0.1, 0.15) is 0 Å². The van der Waals surface area contributed by atoms with Gasteiger partial charge in [0, 0.05) is 13.1 Å². The Bertz CT molecular complexity index is 933. The zero-order valence-electron chi connectivity index (χ0n) is 16.3. The van der Waals surface area contributed by atoms with Crippen molar-refractivity contribution in [1.29, 1.82) is 0 Å². The Morgan fingerprint density at radius 2 is 1.71 bits per heavy atom. The molecule has 0 atom stereocenters. The fraction of sp³-hybridized carbons (Fsp3) is 0.381. The lowest BCUT2D eigenvalue weighted by Crippen LogP contribution is -2.24. The van der Waals surface area contributed by atoms with Crippen LogP contribution in [0.2, 0.25) is 0 Å². The van der Waals surface area contributed by atoms with E-state index in [2.05, 4.69) is 9.62 Å². The molecule has 1 N–H and O–H groups in total. The summed E-state index contributed by atoms with van der Waals surface area (Å²) in [6, 6.07) is 12.4. The molecule has 1 heterocycles. The number of sulfonamides is 1. The van der Waals surface area contributed by atoms with E-state index in [0.717, 1.165) is 25.2 Å². The number of rotatable bonds is 7. The van der Waals surface area contributed by atoms with E-state index in [1.807, 2.05) is 24.3 Å². The Morgan fingerprint density at radius 3 is 2.36 bits per heavy atom. The first-order valence-corrected chi connectivity index (χ1v) is 10.9. The van der Waals surface area contributed by atoms with Gasteiger partial charge in [0.15, 0.2) is 0 Å². The van der Waals surface area contributed by atoms with Crippen LogP contribution in [-0.2, 0) is 27.8 Å². The predicted octanol–water partition coefficient (Wildman–Crippen LogP) is 2.86. The third-order valence-electron chi connectivity index (χ3n) is 5.02. The van der Waals surface area contributed by atoms with Gasteiger partial charge in [-0.15, -0.1) is 0 Å². The van der Waals surface area contributed by atoms with Crippen molar-refractivity contribution in [3.63, 3.8) is 0 Å². The topological polar surface area (TPSA) is 75.7 Å². The normalized spacial score (nSPS) is 14.9. The maximum absolute atomic E-state index is 12.6. The Labute approximate surface area is 166 Å². The molecule has 3 rings (SSSR count). The number of esters is 1.